The van der Waals surface area contributed by atoms with Crippen LogP contribution in [0.3, 0.4) is 0 Å². The molecule has 0 atom stereocenters. The van der Waals surface area contributed by atoms with Crippen LogP contribution >= 0.6 is 11.8 Å². The summed E-state index contributed by atoms with van der Waals surface area (Å²) in [6, 6.07) is 5.03. The van der Waals surface area contributed by atoms with Gasteiger partial charge in [0, 0.05) is 13.7 Å². The van der Waals surface area contributed by atoms with Crippen LogP contribution in [0.15, 0.2) is 23.1 Å². The largest absolute Gasteiger partial charge is 0.493 e. The number of hydrogen-bond acceptors (Lipinski definition) is 7. The topological polar surface area (TPSA) is 94.2 Å². The molecule has 1 N–H and O–H groups in total. The van der Waals surface area contributed by atoms with Crippen molar-refractivity contribution in [1.82, 2.24) is 10.2 Å². The Balaban J connectivity index is 2.10. The van der Waals surface area contributed by atoms with E-state index in [2.05, 4.69) is 11.2 Å². The summed E-state index contributed by atoms with van der Waals surface area (Å²) >= 11 is 0.774. The fourth-order valence-corrected chi connectivity index (χ4v) is 3.13. The average Bonchev–Trinajstić information content (AvgIpc) is 2.94. The number of nitrogens with zero attached hydrogens (tertiary/aromatic N) is 1. The van der Waals surface area contributed by atoms with Gasteiger partial charge in [-0.1, -0.05) is 12.0 Å². The molecule has 8 nitrogen and oxygen atoms in total. The summed E-state index contributed by atoms with van der Waals surface area (Å²) in [5.41, 5.74) is 0.639. The molecule has 1 aromatic rings. The van der Waals surface area contributed by atoms with Crippen LogP contribution in [0.2, 0.25) is 0 Å². The van der Waals surface area contributed by atoms with Crippen molar-refractivity contribution in [3.8, 4) is 23.8 Å². The third-order valence-electron chi connectivity index (χ3n) is 3.60. The quantitative estimate of drug-likeness (QED) is 0.379. The number of rotatable bonds is 9. The van der Waals surface area contributed by atoms with Crippen molar-refractivity contribution in [2.24, 2.45) is 0 Å². The predicted octanol–water partition coefficient (Wildman–Crippen LogP) is 1.51. The van der Waals surface area contributed by atoms with E-state index in [-0.39, 0.29) is 18.1 Å². The zero-order valence-electron chi connectivity index (χ0n) is 15.5. The van der Waals surface area contributed by atoms with Crippen LogP contribution in [0.4, 0.5) is 4.79 Å². The predicted molar refractivity (Wildman–Crippen MR) is 105 cm³/mol. The van der Waals surface area contributed by atoms with Gasteiger partial charge in [-0.25, -0.2) is 0 Å². The van der Waals surface area contributed by atoms with E-state index in [1.807, 2.05) is 0 Å². The van der Waals surface area contributed by atoms with Gasteiger partial charge >= 0.3 is 0 Å². The Bertz CT molecular complexity index is 830. The van der Waals surface area contributed by atoms with Gasteiger partial charge in [-0.2, -0.15) is 0 Å². The molecule has 0 radical (unpaired) electrons. The van der Waals surface area contributed by atoms with Gasteiger partial charge in [-0.3, -0.25) is 19.3 Å². The lowest BCUT2D eigenvalue weighted by Crippen LogP contribution is -2.40. The van der Waals surface area contributed by atoms with E-state index in [1.54, 1.807) is 24.3 Å². The second-order valence-electron chi connectivity index (χ2n) is 5.51. The Morgan fingerprint density at radius 2 is 2.11 bits per heavy atom. The molecular formula is C19H20N2O6S. The van der Waals surface area contributed by atoms with Crippen LogP contribution in [0, 0.1) is 12.3 Å². The molecule has 0 spiro atoms. The summed E-state index contributed by atoms with van der Waals surface area (Å²) in [4.78, 5) is 37.6. The highest BCUT2D eigenvalue weighted by molar-refractivity contribution is 8.18. The fourth-order valence-electron chi connectivity index (χ4n) is 2.29. The number of ether oxygens (including phenoxy) is 3. The number of carbonyl (C=O) groups is 3. The lowest BCUT2D eigenvalue weighted by molar-refractivity contribution is -0.129. The monoisotopic (exact) mass is 404 g/mol. The molecule has 148 valence electrons. The molecule has 0 aromatic heterocycles. The highest BCUT2D eigenvalue weighted by Gasteiger charge is 2.36. The Kier molecular flexibility index (Phi) is 7.92. The number of carbonyl (C=O) groups excluding carboxylic acids is 3. The fraction of sp³-hybridized carbons (Fsp3) is 0.316. The molecule has 9 heteroatoms. The van der Waals surface area contributed by atoms with Crippen molar-refractivity contribution in [2.75, 3.05) is 40.5 Å². The van der Waals surface area contributed by atoms with Crippen molar-refractivity contribution < 1.29 is 28.6 Å². The maximum absolute atomic E-state index is 12.5. The summed E-state index contributed by atoms with van der Waals surface area (Å²) in [7, 11) is 2.99. The molecule has 0 aliphatic carbocycles. The molecule has 1 saturated heterocycles. The van der Waals surface area contributed by atoms with E-state index in [9.17, 15) is 14.4 Å². The summed E-state index contributed by atoms with van der Waals surface area (Å²) in [5.74, 6) is 2.33. The van der Waals surface area contributed by atoms with Gasteiger partial charge in [-0.05, 0) is 35.5 Å². The molecule has 1 aliphatic heterocycles. The maximum atomic E-state index is 12.5. The first-order valence-corrected chi connectivity index (χ1v) is 9.07. The van der Waals surface area contributed by atoms with E-state index in [4.69, 9.17) is 20.6 Å². The first kappa shape index (κ1) is 21.3. The SMILES string of the molecule is C#CCOc1ccc(/C=C2\SC(=O)N(CC(=O)NCCOC)C2=O)cc1OC. The number of hydrogen-bond donors (Lipinski definition) is 1. The standard InChI is InChI=1S/C19H20N2O6S/c1-4-8-27-14-6-5-13(10-15(14)26-3)11-16-18(23)21(19(24)28-16)12-17(22)20-7-9-25-2/h1,5-6,10-11H,7-9,12H2,2-3H3,(H,20,22)/b16-11-. The second kappa shape index (κ2) is 10.4. The van der Waals surface area contributed by atoms with Crippen molar-refractivity contribution in [2.45, 2.75) is 0 Å². The van der Waals surface area contributed by atoms with Crippen molar-refractivity contribution in [1.29, 1.82) is 0 Å². The normalized spacial score (nSPS) is 14.9. The Labute approximate surface area is 167 Å². The molecule has 3 amide bonds. The van der Waals surface area contributed by atoms with E-state index in [1.165, 1.54) is 14.2 Å². The number of terminal acetylenes is 1. The number of nitrogens with one attached hydrogen (secondary N) is 1. The first-order valence-electron chi connectivity index (χ1n) is 8.25. The minimum atomic E-state index is -0.525. The van der Waals surface area contributed by atoms with Gasteiger partial charge in [-0.15, -0.1) is 6.42 Å². The summed E-state index contributed by atoms with van der Waals surface area (Å²) in [6.07, 6.45) is 6.74. The highest BCUT2D eigenvalue weighted by atomic mass is 32.2. The van der Waals surface area contributed by atoms with E-state index < -0.39 is 17.1 Å². The number of amides is 3. The van der Waals surface area contributed by atoms with Gasteiger partial charge in [0.05, 0.1) is 18.6 Å². The first-order chi connectivity index (χ1) is 13.5. The van der Waals surface area contributed by atoms with Crippen LogP contribution in [-0.2, 0) is 14.3 Å². The summed E-state index contributed by atoms with van der Waals surface area (Å²) < 4.78 is 15.5. The Hall–Kier alpha value is -2.96. The molecule has 0 bridgehead atoms. The lowest BCUT2D eigenvalue weighted by Gasteiger charge is -2.12. The van der Waals surface area contributed by atoms with Crippen molar-refractivity contribution in [3.63, 3.8) is 0 Å². The molecule has 28 heavy (non-hydrogen) atoms. The summed E-state index contributed by atoms with van der Waals surface area (Å²) in [5, 5.41) is 2.07. The third kappa shape index (κ3) is 5.52. The molecule has 1 aliphatic rings. The average molecular weight is 404 g/mol. The smallest absolute Gasteiger partial charge is 0.294 e. The van der Waals surface area contributed by atoms with Crippen molar-refractivity contribution >= 4 is 34.9 Å². The number of imide groups is 1. The Morgan fingerprint density at radius 1 is 1.32 bits per heavy atom. The van der Waals surface area contributed by atoms with Gasteiger partial charge in [0.15, 0.2) is 11.5 Å². The maximum Gasteiger partial charge on any atom is 0.294 e. The lowest BCUT2D eigenvalue weighted by atomic mass is 10.2. The van der Waals surface area contributed by atoms with Crippen LogP contribution in [-0.4, -0.2) is 62.5 Å². The number of benzene rings is 1. The van der Waals surface area contributed by atoms with Crippen LogP contribution in [0.25, 0.3) is 6.08 Å². The molecule has 1 aromatic carbocycles. The van der Waals surface area contributed by atoms with Crippen LogP contribution < -0.4 is 14.8 Å². The van der Waals surface area contributed by atoms with Gasteiger partial charge < -0.3 is 19.5 Å². The molecule has 0 saturated carbocycles. The Morgan fingerprint density at radius 3 is 2.79 bits per heavy atom. The van der Waals surface area contributed by atoms with Gasteiger partial charge in [0.25, 0.3) is 11.1 Å². The van der Waals surface area contributed by atoms with Gasteiger partial charge in [0.1, 0.15) is 13.2 Å². The number of thioether (sulfide) groups is 1. The third-order valence-corrected chi connectivity index (χ3v) is 4.51. The van der Waals surface area contributed by atoms with Crippen molar-refractivity contribution in [3.05, 3.63) is 28.7 Å². The zero-order chi connectivity index (χ0) is 20.5. The molecule has 2 rings (SSSR count). The summed E-state index contributed by atoms with van der Waals surface area (Å²) in [6.45, 7) is 0.403. The highest BCUT2D eigenvalue weighted by Crippen LogP contribution is 2.34. The van der Waals surface area contributed by atoms with E-state index in [0.29, 0.717) is 30.2 Å². The molecular weight excluding hydrogens is 384 g/mol. The number of methoxy groups -OCH3 is 2. The molecule has 1 fully saturated rings. The van der Waals surface area contributed by atoms with Gasteiger partial charge in [0.2, 0.25) is 5.91 Å². The van der Waals surface area contributed by atoms with Crippen LogP contribution in [0.1, 0.15) is 5.56 Å². The zero-order valence-corrected chi connectivity index (χ0v) is 16.3. The molecule has 1 heterocycles. The van der Waals surface area contributed by atoms with Crippen LogP contribution in [0.5, 0.6) is 11.5 Å². The minimum absolute atomic E-state index is 0.0983. The minimum Gasteiger partial charge on any atom is -0.493 e. The second-order valence-corrected chi connectivity index (χ2v) is 6.51. The molecule has 0 unspecified atom stereocenters. The van der Waals surface area contributed by atoms with E-state index in [0.717, 1.165) is 16.7 Å². The van der Waals surface area contributed by atoms with E-state index >= 15 is 0 Å².